The Morgan fingerprint density at radius 1 is 0.875 bits per heavy atom. The largest absolute Gasteiger partial charge is 0.338 e. The van der Waals surface area contributed by atoms with E-state index in [1.165, 1.54) is 51.4 Å². The van der Waals surface area contributed by atoms with Crippen molar-refractivity contribution < 1.29 is 25.7 Å². The Kier molecular flexibility index (Phi) is 16.5. The summed E-state index contributed by atoms with van der Waals surface area (Å²) in [5.74, 6) is 0. The van der Waals surface area contributed by atoms with Crippen LogP contribution in [0.25, 0.3) is 0 Å². The van der Waals surface area contributed by atoms with Gasteiger partial charge in [0.15, 0.2) is 0 Å². The second-order valence-electron chi connectivity index (χ2n) is 6.68. The Labute approximate surface area is 164 Å². The molecule has 0 aliphatic rings. The number of hydrogen-bond acceptors (Lipinski definition) is 1. The van der Waals surface area contributed by atoms with Gasteiger partial charge in [-0.05, 0) is 11.8 Å². The van der Waals surface area contributed by atoms with Crippen LogP contribution in [-0.2, 0) is 27.8 Å². The van der Waals surface area contributed by atoms with Crippen molar-refractivity contribution in [3.8, 4) is 0 Å². The minimum atomic E-state index is -3.11. The summed E-state index contributed by atoms with van der Waals surface area (Å²) in [6.07, 6.45) is 11.5. The molecule has 0 saturated carbocycles. The maximum atomic E-state index is 7.87. The average molecular weight is 443 g/mol. The maximum Gasteiger partial charge on any atom is 0.239 e. The smallest absolute Gasteiger partial charge is 0.239 e. The van der Waals surface area contributed by atoms with Crippen LogP contribution in [0, 0.1) is 0 Å². The molecule has 0 atom stereocenters. The molecule has 0 heterocycles. The van der Waals surface area contributed by atoms with Gasteiger partial charge in [-0.15, -0.1) is 0 Å². The quantitative estimate of drug-likeness (QED) is 0.169. The zero-order chi connectivity index (χ0) is 18.3. The molecular weight excluding hydrogens is 409 g/mol. The number of rotatable bonds is 11. The van der Waals surface area contributed by atoms with E-state index in [2.05, 4.69) is 68.2 Å². The normalized spacial score (nSPS) is 10.9. The molecule has 6 heteroatoms. The van der Waals surface area contributed by atoms with E-state index >= 15 is 0 Å². The summed E-state index contributed by atoms with van der Waals surface area (Å²) in [7, 11) is 0. The van der Waals surface area contributed by atoms with Gasteiger partial charge in [0.25, 0.3) is 0 Å². The molecule has 137 valence electrons. The van der Waals surface area contributed by atoms with E-state index in [1.807, 2.05) is 0 Å². The third-order valence-electron chi connectivity index (χ3n) is 4.48. The third-order valence-corrected chi connectivity index (χ3v) is 13.6. The van der Waals surface area contributed by atoms with E-state index < -0.39 is 21.6 Å². The molecule has 2 nitrogen and oxygen atoms in total. The summed E-state index contributed by atoms with van der Waals surface area (Å²) in [5.41, 5.74) is -3.11. The first-order chi connectivity index (χ1) is 11.4. The molecule has 0 unspecified atom stereocenters. The van der Waals surface area contributed by atoms with Crippen LogP contribution in [-0.4, -0.2) is 9.79 Å². The third kappa shape index (κ3) is 17.6. The van der Waals surface area contributed by atoms with Gasteiger partial charge in [-0.2, -0.15) is 0 Å². The summed E-state index contributed by atoms with van der Waals surface area (Å²) in [4.78, 5) is 15.7. The number of hydrogen-bond donors (Lipinski definition) is 3. The van der Waals surface area contributed by atoms with E-state index in [9.17, 15) is 0 Å². The number of benzene rings is 1. The summed E-state index contributed by atoms with van der Waals surface area (Å²) in [5, 5.41) is 3.19. The zero-order valence-electron chi connectivity index (χ0n) is 15.4. The van der Waals surface area contributed by atoms with Crippen molar-refractivity contribution in [1.29, 1.82) is 0 Å². The Morgan fingerprint density at radius 2 is 1.29 bits per heavy atom. The predicted octanol–water partition coefficient (Wildman–Crippen LogP) is 6.05. The van der Waals surface area contributed by atoms with Crippen molar-refractivity contribution in [2.75, 3.05) is 0 Å². The first-order valence-corrected chi connectivity index (χ1v) is 19.0. The minimum absolute atomic E-state index is 1.36. The van der Waals surface area contributed by atoms with Gasteiger partial charge in [0, 0.05) is 0 Å². The van der Waals surface area contributed by atoms with Gasteiger partial charge in [0.1, 0.15) is 0 Å². The van der Waals surface area contributed by atoms with Crippen LogP contribution in [0.15, 0.2) is 30.3 Å². The molecule has 0 radical (unpaired) electrons. The van der Waals surface area contributed by atoms with Crippen LogP contribution >= 0.6 is 17.9 Å². The van der Waals surface area contributed by atoms with Crippen LogP contribution in [0.2, 0.25) is 10.0 Å². The predicted molar refractivity (Wildman–Crippen MR) is 112 cm³/mol. The van der Waals surface area contributed by atoms with Gasteiger partial charge in [0.2, 0.25) is 5.69 Å². The molecule has 0 aliphatic carbocycles. The van der Waals surface area contributed by atoms with Gasteiger partial charge in [-0.3, -0.25) is 0 Å². The minimum Gasteiger partial charge on any atom is -0.338 e. The van der Waals surface area contributed by atoms with E-state index in [0.29, 0.717) is 0 Å². The molecule has 1 rings (SSSR count). The van der Waals surface area contributed by atoms with Gasteiger partial charge >= 0.3 is 126 Å². The molecule has 0 aliphatic heterocycles. The van der Waals surface area contributed by atoms with E-state index in [0.717, 1.165) is 0 Å². The van der Waals surface area contributed by atoms with Crippen LogP contribution in [0.3, 0.4) is 0 Å². The van der Waals surface area contributed by atoms with Crippen LogP contribution in [0.5, 0.6) is 0 Å². The summed E-state index contributed by atoms with van der Waals surface area (Å²) >= 11 is 5.66. The topological polar surface area (TPSA) is 40.5 Å². The first-order valence-electron chi connectivity index (χ1n) is 9.46. The fraction of sp³-hybridized carbons (Fsp3) is 0.667. The molecule has 0 aromatic heterocycles. The standard InChI is InChI=1S/C6H5.2C6H13.H3O2PS2.Zn/c1-2-4-6-5-3-1;2*1-3-5-6-4-2;1-3(2,4)5;/h1-5H;2*1,3-6H2,2H3;(H3,1,2,4,5);. The fourth-order valence-electron chi connectivity index (χ4n) is 3.21. The first kappa shape index (κ1) is 24.8. The molecule has 0 amide bonds. The average Bonchev–Trinajstić information content (AvgIpc) is 2.53. The van der Waals surface area contributed by atoms with Crippen molar-refractivity contribution >= 4 is 33.9 Å². The second kappa shape index (κ2) is 16.0. The monoisotopic (exact) mass is 441 g/mol. The summed E-state index contributed by atoms with van der Waals surface area (Å²) in [6, 6.07) is 11.5. The molecule has 0 bridgehead atoms. The molecule has 2 N–H and O–H groups in total. The van der Waals surface area contributed by atoms with E-state index in [-0.39, 0.29) is 0 Å². The van der Waals surface area contributed by atoms with Crippen molar-refractivity contribution in [2.24, 2.45) is 0 Å². The number of thiol groups is 1. The van der Waals surface area contributed by atoms with Crippen LogP contribution < -0.4 is 4.16 Å². The Morgan fingerprint density at radius 3 is 1.67 bits per heavy atom. The fourth-order valence-corrected chi connectivity index (χ4v) is 11.6. The van der Waals surface area contributed by atoms with Crippen LogP contribution in [0.4, 0.5) is 0 Å². The second-order valence-corrected chi connectivity index (χ2v) is 20.0. The van der Waals surface area contributed by atoms with Crippen molar-refractivity contribution in [3.63, 3.8) is 0 Å². The molecule has 1 aromatic rings. The molecular formula is C18H34O2PS2Zn. The zero-order valence-corrected chi connectivity index (χ0v) is 20.9. The van der Waals surface area contributed by atoms with Gasteiger partial charge in [-0.1, -0.05) is 12.2 Å². The Hall–Kier alpha value is 0.763. The van der Waals surface area contributed by atoms with E-state index in [4.69, 9.17) is 9.79 Å². The van der Waals surface area contributed by atoms with Gasteiger partial charge in [-0.25, -0.2) is 0 Å². The SMILES string of the molecule is CCCCC[CH2][Zn]([CH2]CCCCC)[c]1ccccc1.OP(O)(=S)S. The van der Waals surface area contributed by atoms with E-state index in [1.54, 1.807) is 14.2 Å². The van der Waals surface area contributed by atoms with Crippen LogP contribution in [0.1, 0.15) is 65.2 Å². The molecule has 0 saturated heterocycles. The summed E-state index contributed by atoms with van der Waals surface area (Å²) < 4.78 is 1.77. The van der Waals surface area contributed by atoms with Crippen molar-refractivity contribution in [1.82, 2.24) is 0 Å². The Bertz CT molecular complexity index is 420. The molecule has 24 heavy (non-hydrogen) atoms. The van der Waals surface area contributed by atoms with Crippen molar-refractivity contribution in [3.05, 3.63) is 30.3 Å². The van der Waals surface area contributed by atoms with Crippen molar-refractivity contribution in [2.45, 2.75) is 75.2 Å². The number of unbranched alkanes of at least 4 members (excludes halogenated alkanes) is 6. The molecule has 1 aromatic carbocycles. The van der Waals surface area contributed by atoms with Gasteiger partial charge < -0.3 is 9.79 Å². The Balaban J connectivity index is 0.000000922. The molecule has 0 spiro atoms. The van der Waals surface area contributed by atoms with Gasteiger partial charge in [0.05, 0.1) is 0 Å². The molecule has 0 fully saturated rings. The maximum absolute atomic E-state index is 7.87. The summed E-state index contributed by atoms with van der Waals surface area (Å²) in [6.45, 7) is 4.62.